The first-order chi connectivity index (χ1) is 18.0. The van der Waals surface area contributed by atoms with Gasteiger partial charge in [-0.1, -0.05) is 54.6 Å². The molecule has 0 saturated carbocycles. The average molecular weight is 540 g/mol. The summed E-state index contributed by atoms with van der Waals surface area (Å²) in [5.41, 5.74) is -1.04. The fourth-order valence-electron chi connectivity index (χ4n) is 4.78. The maximum Gasteiger partial charge on any atom is 0.411 e. The van der Waals surface area contributed by atoms with Crippen LogP contribution in [0.25, 0.3) is 10.9 Å². The Labute approximate surface area is 225 Å². The van der Waals surface area contributed by atoms with Crippen LogP contribution in [0.2, 0.25) is 0 Å². The zero-order chi connectivity index (χ0) is 27.5. The molecule has 1 aliphatic heterocycles. The summed E-state index contributed by atoms with van der Waals surface area (Å²) in [4.78, 5) is 50.5. The number of amides is 2. The minimum Gasteiger partial charge on any atom is -0.479 e. The van der Waals surface area contributed by atoms with E-state index in [-0.39, 0.29) is 26.0 Å². The van der Waals surface area contributed by atoms with E-state index in [1.54, 1.807) is 45.2 Å². The fourth-order valence-corrected chi connectivity index (χ4v) is 4.97. The maximum atomic E-state index is 13.6. The lowest BCUT2D eigenvalue weighted by molar-refractivity contribution is -0.177. The number of carbonyl (C=O) groups excluding carboxylic acids is 2. The zero-order valence-electron chi connectivity index (χ0n) is 21.5. The summed E-state index contributed by atoms with van der Waals surface area (Å²) in [5.74, 6) is -1.23. The molecule has 200 valence electrons. The van der Waals surface area contributed by atoms with Gasteiger partial charge in [0.25, 0.3) is 0 Å². The van der Waals surface area contributed by atoms with Crippen molar-refractivity contribution in [2.45, 2.75) is 57.4 Å². The monoisotopic (exact) mass is 539 g/mol. The molecular formula is C28H30ClN3O6. The fraction of sp³-hybridized carbons (Fsp3) is 0.357. The van der Waals surface area contributed by atoms with Crippen molar-refractivity contribution in [2.75, 3.05) is 6.54 Å². The molecule has 1 N–H and O–H groups in total. The Hall–Kier alpha value is -3.69. The molecule has 38 heavy (non-hydrogen) atoms. The minimum absolute atomic E-state index is 0.0305. The first kappa shape index (κ1) is 27.3. The molecule has 1 aliphatic rings. The van der Waals surface area contributed by atoms with E-state index in [0.717, 1.165) is 20.9 Å². The highest BCUT2D eigenvalue weighted by atomic mass is 35.5. The van der Waals surface area contributed by atoms with Gasteiger partial charge in [-0.25, -0.2) is 14.7 Å². The number of fused-ring (bicyclic) bond motifs is 1. The Kier molecular flexibility index (Phi) is 7.89. The number of hydrogen-bond acceptors (Lipinski definition) is 6. The van der Waals surface area contributed by atoms with Crippen LogP contribution in [0.4, 0.5) is 9.59 Å². The van der Waals surface area contributed by atoms with E-state index in [1.165, 1.54) is 0 Å². The van der Waals surface area contributed by atoms with Gasteiger partial charge in [0.1, 0.15) is 12.2 Å². The van der Waals surface area contributed by atoms with Gasteiger partial charge < -0.3 is 9.84 Å². The second-order valence-electron chi connectivity index (χ2n) is 10.2. The zero-order valence-corrected chi connectivity index (χ0v) is 22.2. The van der Waals surface area contributed by atoms with Crippen molar-refractivity contribution in [1.29, 1.82) is 0 Å². The van der Waals surface area contributed by atoms with Crippen LogP contribution in [-0.2, 0) is 26.5 Å². The molecule has 2 atom stereocenters. The molecule has 9 nitrogen and oxygen atoms in total. The van der Waals surface area contributed by atoms with Gasteiger partial charge in [0.05, 0.1) is 11.6 Å². The Morgan fingerprint density at radius 3 is 2.47 bits per heavy atom. The van der Waals surface area contributed by atoms with Gasteiger partial charge in [-0.2, -0.15) is 0 Å². The largest absolute Gasteiger partial charge is 0.479 e. The third-order valence-corrected chi connectivity index (χ3v) is 6.62. The molecule has 2 aromatic carbocycles. The molecular weight excluding hydrogens is 510 g/mol. The number of carboxylic acid groups (broad SMARTS) is 1. The summed E-state index contributed by atoms with van der Waals surface area (Å²) < 4.78 is 5.66. The lowest BCUT2D eigenvalue weighted by Crippen LogP contribution is -2.63. The Morgan fingerprint density at radius 1 is 1.11 bits per heavy atom. The van der Waals surface area contributed by atoms with Crippen molar-refractivity contribution in [2.24, 2.45) is 0 Å². The minimum atomic E-state index is -1.80. The predicted molar refractivity (Wildman–Crippen MR) is 141 cm³/mol. The number of aromatic nitrogens is 1. The van der Waals surface area contributed by atoms with Crippen molar-refractivity contribution in [3.8, 4) is 0 Å². The number of hydrogen-bond donors (Lipinski definition) is 1. The number of likely N-dealkylation sites (tertiary alicyclic amines) is 1. The van der Waals surface area contributed by atoms with Crippen LogP contribution in [0.1, 0.15) is 44.7 Å². The number of hydroxylamine groups is 2. The van der Waals surface area contributed by atoms with E-state index in [2.05, 4.69) is 4.98 Å². The standard InChI is InChI=1S/C28H30ClN3O6/c1-27(2,3)38-26(36)31-17-21(32(25(29)35)37-18-19-9-5-4-6-10-19)14-15-28(31,24(33)34)22-13-7-11-20-12-8-16-30-23(20)22/h4-13,16,21H,14-15,17-18H2,1-3H3,(H,33,34)/t21-,28+/m1/s1. The first-order valence-corrected chi connectivity index (χ1v) is 12.6. The number of halogens is 1. The Morgan fingerprint density at radius 2 is 1.82 bits per heavy atom. The predicted octanol–water partition coefficient (Wildman–Crippen LogP) is 5.71. The number of carboxylic acids is 1. The summed E-state index contributed by atoms with van der Waals surface area (Å²) >= 11 is 5.91. The van der Waals surface area contributed by atoms with E-state index < -0.39 is 34.6 Å². The van der Waals surface area contributed by atoms with Crippen molar-refractivity contribution in [3.05, 3.63) is 78.0 Å². The SMILES string of the molecule is CC(C)(C)OC(=O)N1C[C@H](N(OCc2ccccc2)C(=O)Cl)CC[C@@]1(C(=O)O)c1cccc2cccnc12. The summed E-state index contributed by atoms with van der Waals surface area (Å²) in [6.45, 7) is 4.99. The Balaban J connectivity index is 1.75. The number of benzene rings is 2. The number of carbonyl (C=O) groups is 3. The molecule has 0 radical (unpaired) electrons. The summed E-state index contributed by atoms with van der Waals surface area (Å²) in [6, 6.07) is 17.3. The third-order valence-electron chi connectivity index (χ3n) is 6.46. The normalized spacial score (nSPS) is 19.7. The van der Waals surface area contributed by atoms with Gasteiger partial charge in [0.15, 0.2) is 5.54 Å². The molecule has 3 aromatic rings. The molecule has 0 aliphatic carbocycles. The van der Waals surface area contributed by atoms with E-state index in [9.17, 15) is 19.5 Å². The van der Waals surface area contributed by atoms with E-state index in [4.69, 9.17) is 21.2 Å². The molecule has 1 saturated heterocycles. The molecule has 0 spiro atoms. The van der Waals surface area contributed by atoms with Gasteiger partial charge in [-0.15, -0.1) is 0 Å². The number of para-hydroxylation sites is 1. The lowest BCUT2D eigenvalue weighted by atomic mass is 9.78. The van der Waals surface area contributed by atoms with Gasteiger partial charge in [0, 0.05) is 23.7 Å². The van der Waals surface area contributed by atoms with Crippen LogP contribution in [0.3, 0.4) is 0 Å². The average Bonchev–Trinajstić information content (AvgIpc) is 2.87. The first-order valence-electron chi connectivity index (χ1n) is 12.3. The summed E-state index contributed by atoms with van der Waals surface area (Å²) in [6.07, 6.45) is 0.915. The quantitative estimate of drug-likeness (QED) is 0.243. The molecule has 4 rings (SSSR count). The molecule has 0 bridgehead atoms. The number of piperidine rings is 1. The van der Waals surface area contributed by atoms with Crippen LogP contribution in [-0.4, -0.2) is 55.7 Å². The summed E-state index contributed by atoms with van der Waals surface area (Å²) in [5, 5.41) is 11.6. The maximum absolute atomic E-state index is 13.6. The van der Waals surface area contributed by atoms with E-state index in [0.29, 0.717) is 11.1 Å². The van der Waals surface area contributed by atoms with Gasteiger partial charge >= 0.3 is 17.4 Å². The van der Waals surface area contributed by atoms with E-state index in [1.807, 2.05) is 42.5 Å². The highest BCUT2D eigenvalue weighted by Crippen LogP contribution is 2.43. The second-order valence-corrected chi connectivity index (χ2v) is 10.5. The van der Waals surface area contributed by atoms with Crippen LogP contribution < -0.4 is 0 Å². The molecule has 1 aromatic heterocycles. The van der Waals surface area contributed by atoms with Gasteiger partial charge in [-0.3, -0.25) is 19.5 Å². The highest BCUT2D eigenvalue weighted by Gasteiger charge is 2.55. The van der Waals surface area contributed by atoms with Crippen molar-refractivity contribution in [3.63, 3.8) is 0 Å². The molecule has 2 amide bonds. The Bertz CT molecular complexity index is 1320. The van der Waals surface area contributed by atoms with Gasteiger partial charge in [0.2, 0.25) is 0 Å². The number of aliphatic carboxylic acids is 1. The lowest BCUT2D eigenvalue weighted by Gasteiger charge is -2.48. The van der Waals surface area contributed by atoms with Crippen LogP contribution in [0.5, 0.6) is 0 Å². The molecule has 2 heterocycles. The van der Waals surface area contributed by atoms with Crippen molar-refractivity contribution < 1.29 is 29.1 Å². The van der Waals surface area contributed by atoms with Crippen molar-refractivity contribution in [1.82, 2.24) is 14.9 Å². The summed E-state index contributed by atoms with van der Waals surface area (Å²) in [7, 11) is 0. The molecule has 0 unspecified atom stereocenters. The number of pyridine rings is 1. The highest BCUT2D eigenvalue weighted by molar-refractivity contribution is 6.62. The smallest absolute Gasteiger partial charge is 0.411 e. The third kappa shape index (κ3) is 5.58. The van der Waals surface area contributed by atoms with Crippen LogP contribution >= 0.6 is 11.6 Å². The number of rotatable bonds is 6. The number of ether oxygens (including phenoxy) is 1. The van der Waals surface area contributed by atoms with E-state index >= 15 is 0 Å². The van der Waals surface area contributed by atoms with Crippen LogP contribution in [0, 0.1) is 0 Å². The van der Waals surface area contributed by atoms with Gasteiger partial charge in [-0.05, 0) is 56.8 Å². The molecule has 1 fully saturated rings. The number of nitrogens with zero attached hydrogens (tertiary/aromatic N) is 3. The topological polar surface area (TPSA) is 109 Å². The van der Waals surface area contributed by atoms with Crippen molar-refractivity contribution >= 4 is 39.9 Å². The van der Waals surface area contributed by atoms with Crippen LogP contribution in [0.15, 0.2) is 66.9 Å². The second kappa shape index (κ2) is 11.0. The molecule has 10 heteroatoms.